The van der Waals surface area contributed by atoms with Gasteiger partial charge in [-0.3, -0.25) is 9.69 Å². The van der Waals surface area contributed by atoms with Crippen molar-refractivity contribution in [3.63, 3.8) is 0 Å². The van der Waals surface area contributed by atoms with Crippen molar-refractivity contribution in [2.45, 2.75) is 32.7 Å². The summed E-state index contributed by atoms with van der Waals surface area (Å²) in [5, 5.41) is 3.11. The number of piperidine rings is 1. The van der Waals surface area contributed by atoms with Crippen molar-refractivity contribution in [3.8, 4) is 0 Å². The van der Waals surface area contributed by atoms with Crippen molar-refractivity contribution in [2.24, 2.45) is 5.92 Å². The summed E-state index contributed by atoms with van der Waals surface area (Å²) < 4.78 is 24.6. The van der Waals surface area contributed by atoms with E-state index in [1.54, 1.807) is 0 Å². The third-order valence-corrected chi connectivity index (χ3v) is 6.50. The van der Waals surface area contributed by atoms with Crippen LogP contribution >= 0.6 is 0 Å². The number of carbonyl (C=O) groups excluding carboxylic acids is 1. The Balaban J connectivity index is 1.95. The van der Waals surface area contributed by atoms with Gasteiger partial charge in [-0.15, -0.1) is 0 Å². The Kier molecular flexibility index (Phi) is 7.61. The lowest BCUT2D eigenvalue weighted by Crippen LogP contribution is -2.44. The molecule has 146 valence electrons. The van der Waals surface area contributed by atoms with Gasteiger partial charge in [-0.25, -0.2) is 12.7 Å². The highest BCUT2D eigenvalue weighted by molar-refractivity contribution is 7.88. The Hall–Kier alpha value is -1.44. The minimum absolute atomic E-state index is 0.0336. The molecule has 1 aromatic rings. The van der Waals surface area contributed by atoms with Gasteiger partial charge in [0, 0.05) is 25.6 Å². The number of hydrogen-bond donors (Lipinski definition) is 1. The molecule has 0 bridgehead atoms. The van der Waals surface area contributed by atoms with Crippen molar-refractivity contribution in [1.29, 1.82) is 0 Å². The Morgan fingerprint density at radius 3 is 2.27 bits per heavy atom. The summed E-state index contributed by atoms with van der Waals surface area (Å²) in [5.74, 6) is -0.0765. The smallest absolute Gasteiger partial charge is 0.223 e. The highest BCUT2D eigenvalue weighted by Gasteiger charge is 2.29. The predicted octanol–water partition coefficient (Wildman–Crippen LogP) is 1.86. The van der Waals surface area contributed by atoms with Gasteiger partial charge in [0.25, 0.3) is 0 Å². The van der Waals surface area contributed by atoms with Crippen molar-refractivity contribution in [1.82, 2.24) is 14.5 Å². The van der Waals surface area contributed by atoms with E-state index in [1.807, 2.05) is 18.2 Å². The van der Waals surface area contributed by atoms with Crippen molar-refractivity contribution >= 4 is 15.9 Å². The maximum Gasteiger partial charge on any atom is 0.223 e. The summed E-state index contributed by atoms with van der Waals surface area (Å²) in [6.45, 7) is 7.50. The van der Waals surface area contributed by atoms with Crippen LogP contribution in [0, 0.1) is 5.92 Å². The molecule has 1 saturated heterocycles. The molecule has 1 unspecified atom stereocenters. The Bertz CT molecular complexity index is 667. The number of carbonyl (C=O) groups is 1. The SMILES string of the molecule is CCN(CC)C(CNC(=O)C1CCN(S(C)(=O)=O)CC1)c1ccccc1. The van der Waals surface area contributed by atoms with Crippen LogP contribution in [0.5, 0.6) is 0 Å². The van der Waals surface area contributed by atoms with Crippen molar-refractivity contribution in [2.75, 3.05) is 39.0 Å². The lowest BCUT2D eigenvalue weighted by atomic mass is 9.97. The molecular weight excluding hydrogens is 350 g/mol. The van der Waals surface area contributed by atoms with Gasteiger partial charge in [0.15, 0.2) is 0 Å². The minimum Gasteiger partial charge on any atom is -0.354 e. The first kappa shape index (κ1) is 20.9. The Labute approximate surface area is 157 Å². The number of benzene rings is 1. The summed E-state index contributed by atoms with van der Waals surface area (Å²) in [6.07, 6.45) is 2.39. The first-order chi connectivity index (χ1) is 12.4. The molecule has 6 nitrogen and oxygen atoms in total. The second kappa shape index (κ2) is 9.48. The first-order valence-electron chi connectivity index (χ1n) is 9.38. The van der Waals surface area contributed by atoms with E-state index in [2.05, 4.69) is 36.2 Å². The maximum absolute atomic E-state index is 12.6. The number of sulfonamides is 1. The minimum atomic E-state index is -3.16. The fraction of sp³-hybridized carbons (Fsp3) is 0.632. The van der Waals surface area contributed by atoms with Crippen LogP contribution in [0.2, 0.25) is 0 Å². The van der Waals surface area contributed by atoms with E-state index in [9.17, 15) is 13.2 Å². The quantitative estimate of drug-likeness (QED) is 0.746. The second-order valence-corrected chi connectivity index (χ2v) is 8.81. The summed E-state index contributed by atoms with van der Waals surface area (Å²) in [7, 11) is -3.16. The van der Waals surface area contributed by atoms with Crippen molar-refractivity contribution < 1.29 is 13.2 Å². The largest absolute Gasteiger partial charge is 0.354 e. The molecule has 26 heavy (non-hydrogen) atoms. The number of nitrogens with zero attached hydrogens (tertiary/aromatic N) is 2. The standard InChI is InChI=1S/C19H31N3O3S/c1-4-21(5-2)18(16-9-7-6-8-10-16)15-20-19(23)17-11-13-22(14-12-17)26(3,24)25/h6-10,17-18H,4-5,11-15H2,1-3H3,(H,20,23). The predicted molar refractivity (Wildman–Crippen MR) is 104 cm³/mol. The van der Waals surface area contributed by atoms with Gasteiger partial charge < -0.3 is 5.32 Å². The molecular formula is C19H31N3O3S. The summed E-state index contributed by atoms with van der Waals surface area (Å²) in [4.78, 5) is 14.9. The molecule has 1 aliphatic rings. The molecule has 0 saturated carbocycles. The third-order valence-electron chi connectivity index (χ3n) is 5.20. The van der Waals surface area contributed by atoms with Gasteiger partial charge in [-0.1, -0.05) is 44.2 Å². The number of rotatable bonds is 8. The van der Waals surface area contributed by atoms with Crippen LogP contribution in [0.1, 0.15) is 38.3 Å². The molecule has 1 aliphatic heterocycles. The van der Waals surface area contributed by atoms with E-state index in [-0.39, 0.29) is 17.9 Å². The van der Waals surface area contributed by atoms with Gasteiger partial charge in [-0.2, -0.15) is 0 Å². The zero-order valence-electron chi connectivity index (χ0n) is 16.0. The first-order valence-corrected chi connectivity index (χ1v) is 11.2. The molecule has 7 heteroatoms. The molecule has 0 spiro atoms. The highest BCUT2D eigenvalue weighted by Crippen LogP contribution is 2.22. The normalized spacial score (nSPS) is 18.0. The van der Waals surface area contributed by atoms with Crippen LogP contribution in [0.4, 0.5) is 0 Å². The Morgan fingerprint density at radius 2 is 1.77 bits per heavy atom. The molecule has 1 atom stereocenters. The molecule has 1 aromatic carbocycles. The van der Waals surface area contributed by atoms with Gasteiger partial charge in [0.05, 0.1) is 12.3 Å². The fourth-order valence-electron chi connectivity index (χ4n) is 3.59. The maximum atomic E-state index is 12.6. The summed E-state index contributed by atoms with van der Waals surface area (Å²) in [6, 6.07) is 10.4. The molecule has 2 rings (SSSR count). The highest BCUT2D eigenvalue weighted by atomic mass is 32.2. The fourth-order valence-corrected chi connectivity index (χ4v) is 4.46. The summed E-state index contributed by atoms with van der Waals surface area (Å²) >= 11 is 0. The van der Waals surface area contributed by atoms with Gasteiger partial charge in [-0.05, 0) is 31.5 Å². The lowest BCUT2D eigenvalue weighted by molar-refractivity contribution is -0.126. The van der Waals surface area contributed by atoms with Crippen LogP contribution in [0.25, 0.3) is 0 Å². The van der Waals surface area contributed by atoms with Crippen molar-refractivity contribution in [3.05, 3.63) is 35.9 Å². The molecule has 1 fully saturated rings. The number of nitrogens with one attached hydrogen (secondary N) is 1. The Morgan fingerprint density at radius 1 is 1.19 bits per heavy atom. The molecule has 1 amide bonds. The molecule has 1 N–H and O–H groups in total. The number of likely N-dealkylation sites (N-methyl/N-ethyl adjacent to an activating group) is 1. The average molecular weight is 382 g/mol. The zero-order valence-corrected chi connectivity index (χ0v) is 16.8. The third kappa shape index (κ3) is 5.53. The summed E-state index contributed by atoms with van der Waals surface area (Å²) in [5.41, 5.74) is 1.20. The van der Waals surface area contributed by atoms with E-state index in [0.29, 0.717) is 32.5 Å². The van der Waals surface area contributed by atoms with Gasteiger partial charge in [0.2, 0.25) is 15.9 Å². The monoisotopic (exact) mass is 381 g/mol. The van der Waals surface area contributed by atoms with E-state index in [0.717, 1.165) is 13.1 Å². The van der Waals surface area contributed by atoms with Crippen LogP contribution in [0.15, 0.2) is 30.3 Å². The average Bonchev–Trinajstić information content (AvgIpc) is 2.65. The topological polar surface area (TPSA) is 69.7 Å². The van der Waals surface area contributed by atoms with Crippen LogP contribution < -0.4 is 5.32 Å². The molecule has 0 radical (unpaired) electrons. The molecule has 0 aromatic heterocycles. The van der Waals surface area contributed by atoms with E-state index >= 15 is 0 Å². The number of amides is 1. The van der Waals surface area contributed by atoms with Crippen LogP contribution in [0.3, 0.4) is 0 Å². The van der Waals surface area contributed by atoms with Crippen LogP contribution in [-0.2, 0) is 14.8 Å². The zero-order chi connectivity index (χ0) is 19.2. The van der Waals surface area contributed by atoms with Gasteiger partial charge >= 0.3 is 0 Å². The molecule has 0 aliphatic carbocycles. The van der Waals surface area contributed by atoms with E-state index < -0.39 is 10.0 Å². The number of hydrogen-bond acceptors (Lipinski definition) is 4. The second-order valence-electron chi connectivity index (χ2n) is 6.83. The lowest BCUT2D eigenvalue weighted by Gasteiger charge is -2.32. The van der Waals surface area contributed by atoms with E-state index in [4.69, 9.17) is 0 Å². The van der Waals surface area contributed by atoms with E-state index in [1.165, 1.54) is 16.1 Å². The van der Waals surface area contributed by atoms with Crippen LogP contribution in [-0.4, -0.2) is 62.5 Å². The van der Waals surface area contributed by atoms with Gasteiger partial charge in [0.1, 0.15) is 0 Å². The molecule has 1 heterocycles.